The molecule has 0 bridgehead atoms. The molecule has 0 amide bonds. The Labute approximate surface area is 126 Å². The van der Waals surface area contributed by atoms with Crippen molar-refractivity contribution in [1.29, 1.82) is 0 Å². The van der Waals surface area contributed by atoms with Crippen molar-refractivity contribution in [3.05, 3.63) is 50.8 Å². The Morgan fingerprint density at radius 1 is 0.950 bits per heavy atom. The van der Waals surface area contributed by atoms with Gasteiger partial charge in [0.25, 0.3) is 0 Å². The van der Waals surface area contributed by atoms with Crippen LogP contribution in [0.5, 0.6) is 0 Å². The molecule has 0 atom stereocenters. The zero-order valence-electron chi connectivity index (χ0n) is 9.40. The molecule has 0 aliphatic rings. The molecule has 8 heteroatoms. The fourth-order valence-corrected chi connectivity index (χ4v) is 2.10. The molecule has 2 rings (SSSR count). The van der Waals surface area contributed by atoms with Crippen LogP contribution < -0.4 is 0 Å². The van der Waals surface area contributed by atoms with Gasteiger partial charge in [0, 0.05) is 17.8 Å². The fourth-order valence-electron chi connectivity index (χ4n) is 1.50. The zero-order valence-corrected chi connectivity index (χ0v) is 11.7. The molecule has 0 aliphatic heterocycles. The Hall–Kier alpha value is -1.04. The number of alkyl halides is 3. The number of rotatable bonds is 1. The molecule has 0 saturated heterocycles. The minimum atomic E-state index is -4.80. The predicted molar refractivity (Wildman–Crippen MR) is 69.7 cm³/mol. The topological polar surface area (TPSA) is 12.9 Å². The van der Waals surface area contributed by atoms with Crippen molar-refractivity contribution in [3.63, 3.8) is 0 Å². The summed E-state index contributed by atoms with van der Waals surface area (Å²) in [7, 11) is 0. The van der Waals surface area contributed by atoms with Gasteiger partial charge in [0.1, 0.15) is 11.4 Å². The second-order valence-corrected chi connectivity index (χ2v) is 4.99. The van der Waals surface area contributed by atoms with Gasteiger partial charge in [0.15, 0.2) is 0 Å². The van der Waals surface area contributed by atoms with Crippen LogP contribution in [0, 0.1) is 5.82 Å². The van der Waals surface area contributed by atoms with Crippen LogP contribution in [0.4, 0.5) is 17.6 Å². The zero-order chi connectivity index (χ0) is 15.1. The maximum atomic E-state index is 13.5. The van der Waals surface area contributed by atoms with Gasteiger partial charge in [0.2, 0.25) is 0 Å². The molecule has 1 aromatic carbocycles. The monoisotopic (exact) mass is 343 g/mol. The van der Waals surface area contributed by atoms with Crippen LogP contribution in [0.3, 0.4) is 0 Å². The summed E-state index contributed by atoms with van der Waals surface area (Å²) in [6.07, 6.45) is -4.38. The van der Waals surface area contributed by atoms with Gasteiger partial charge in [-0.05, 0) is 12.1 Å². The highest BCUT2D eigenvalue weighted by atomic mass is 35.5. The van der Waals surface area contributed by atoms with E-state index in [1.165, 1.54) is 12.1 Å². The summed E-state index contributed by atoms with van der Waals surface area (Å²) in [5, 5.41) is 0.289. The molecule has 20 heavy (non-hydrogen) atoms. The van der Waals surface area contributed by atoms with E-state index in [1.54, 1.807) is 0 Å². The summed E-state index contributed by atoms with van der Waals surface area (Å²) in [4.78, 5) is 3.57. The highest BCUT2D eigenvalue weighted by Crippen LogP contribution is 2.36. The molecule has 0 spiro atoms. The third-order valence-corrected chi connectivity index (χ3v) is 3.64. The number of hydrogen-bond acceptors (Lipinski definition) is 1. The van der Waals surface area contributed by atoms with Crippen LogP contribution in [0.25, 0.3) is 11.3 Å². The van der Waals surface area contributed by atoms with Crippen molar-refractivity contribution in [2.24, 2.45) is 0 Å². The van der Waals surface area contributed by atoms with Gasteiger partial charge < -0.3 is 0 Å². The van der Waals surface area contributed by atoms with Gasteiger partial charge in [-0.25, -0.2) is 4.39 Å². The number of hydrogen-bond donors (Lipinski definition) is 0. The van der Waals surface area contributed by atoms with Crippen molar-refractivity contribution in [3.8, 4) is 11.3 Å². The number of benzene rings is 1. The number of aromatic nitrogens is 1. The van der Waals surface area contributed by atoms with Crippen molar-refractivity contribution >= 4 is 34.8 Å². The molecule has 1 nitrogen and oxygen atoms in total. The SMILES string of the molecule is Fc1cc(-c2cc(Cl)c(Cl)c(Cl)c2)ncc1C(F)(F)F. The van der Waals surface area contributed by atoms with E-state index in [0.717, 1.165) is 0 Å². The van der Waals surface area contributed by atoms with Gasteiger partial charge in [-0.15, -0.1) is 0 Å². The fraction of sp³-hybridized carbons (Fsp3) is 0.0833. The van der Waals surface area contributed by atoms with E-state index >= 15 is 0 Å². The molecular formula is C12H4Cl3F4N. The molecular weight excluding hydrogens is 340 g/mol. The number of halogens is 7. The Bertz CT molecular complexity index is 647. The first kappa shape index (κ1) is 15.4. The van der Waals surface area contributed by atoms with Crippen LogP contribution in [0.1, 0.15) is 5.56 Å². The Morgan fingerprint density at radius 2 is 1.50 bits per heavy atom. The smallest absolute Gasteiger partial charge is 0.255 e. The molecule has 2 aromatic rings. The summed E-state index contributed by atoms with van der Waals surface area (Å²) in [5.41, 5.74) is -1.21. The molecule has 0 radical (unpaired) electrons. The molecule has 0 aliphatic carbocycles. The first-order valence-electron chi connectivity index (χ1n) is 5.08. The average Bonchev–Trinajstić information content (AvgIpc) is 2.33. The highest BCUT2D eigenvalue weighted by molar-refractivity contribution is 6.48. The van der Waals surface area contributed by atoms with Crippen LogP contribution in [0.15, 0.2) is 24.4 Å². The van der Waals surface area contributed by atoms with Gasteiger partial charge in [-0.1, -0.05) is 34.8 Å². The minimum absolute atomic E-state index is 0.0315. The van der Waals surface area contributed by atoms with Crippen molar-refractivity contribution in [2.75, 3.05) is 0 Å². The Morgan fingerprint density at radius 3 is 1.95 bits per heavy atom. The third-order valence-electron chi connectivity index (χ3n) is 2.44. The van der Waals surface area contributed by atoms with E-state index in [1.807, 2.05) is 0 Å². The highest BCUT2D eigenvalue weighted by Gasteiger charge is 2.34. The lowest BCUT2D eigenvalue weighted by Crippen LogP contribution is -2.09. The summed E-state index contributed by atoms with van der Waals surface area (Å²) >= 11 is 17.3. The van der Waals surface area contributed by atoms with E-state index in [0.29, 0.717) is 12.3 Å². The molecule has 0 saturated carbocycles. The van der Waals surface area contributed by atoms with Gasteiger partial charge in [-0.2, -0.15) is 13.2 Å². The lowest BCUT2D eigenvalue weighted by atomic mass is 10.1. The Kier molecular flexibility index (Phi) is 4.14. The second kappa shape index (κ2) is 5.39. The standard InChI is InChI=1S/C12H4Cl3F4N/c13-7-1-5(2-8(14)11(7)15)10-3-9(16)6(4-20-10)12(17,18)19/h1-4H. The van der Waals surface area contributed by atoms with Crippen molar-refractivity contribution in [2.45, 2.75) is 6.18 Å². The summed E-state index contributed by atoms with van der Waals surface area (Å²) in [5.74, 6) is -1.43. The first-order valence-corrected chi connectivity index (χ1v) is 6.21. The summed E-state index contributed by atoms with van der Waals surface area (Å²) in [6, 6.07) is 3.34. The normalized spacial score (nSPS) is 11.8. The minimum Gasteiger partial charge on any atom is -0.255 e. The van der Waals surface area contributed by atoms with E-state index in [4.69, 9.17) is 34.8 Å². The molecule has 0 unspecified atom stereocenters. The molecule has 106 valence electrons. The number of pyridine rings is 1. The lowest BCUT2D eigenvalue weighted by Gasteiger charge is -2.09. The largest absolute Gasteiger partial charge is 0.420 e. The van der Waals surface area contributed by atoms with Crippen LogP contribution >= 0.6 is 34.8 Å². The molecule has 1 heterocycles. The van der Waals surface area contributed by atoms with Crippen LogP contribution in [-0.2, 0) is 6.18 Å². The molecule has 0 fully saturated rings. The quantitative estimate of drug-likeness (QED) is 0.466. The van der Waals surface area contributed by atoms with E-state index < -0.39 is 17.6 Å². The van der Waals surface area contributed by atoms with Crippen LogP contribution in [-0.4, -0.2) is 4.98 Å². The van der Waals surface area contributed by atoms with E-state index in [-0.39, 0.29) is 26.3 Å². The van der Waals surface area contributed by atoms with Crippen LogP contribution in [0.2, 0.25) is 15.1 Å². The molecule has 1 aromatic heterocycles. The Balaban J connectivity index is 2.53. The molecule has 0 N–H and O–H groups in total. The van der Waals surface area contributed by atoms with Gasteiger partial charge >= 0.3 is 6.18 Å². The summed E-state index contributed by atoms with van der Waals surface area (Å²) < 4.78 is 50.7. The summed E-state index contributed by atoms with van der Waals surface area (Å²) in [6.45, 7) is 0. The van der Waals surface area contributed by atoms with Crippen molar-refractivity contribution in [1.82, 2.24) is 4.98 Å². The lowest BCUT2D eigenvalue weighted by molar-refractivity contribution is -0.140. The number of nitrogens with zero attached hydrogens (tertiary/aromatic N) is 1. The maximum Gasteiger partial charge on any atom is 0.420 e. The van der Waals surface area contributed by atoms with E-state index in [9.17, 15) is 17.6 Å². The predicted octanol–water partition coefficient (Wildman–Crippen LogP) is 5.87. The second-order valence-electron chi connectivity index (χ2n) is 3.80. The van der Waals surface area contributed by atoms with Gasteiger partial charge in [0.05, 0.1) is 20.8 Å². The van der Waals surface area contributed by atoms with E-state index in [2.05, 4.69) is 4.98 Å². The third kappa shape index (κ3) is 3.00. The first-order chi connectivity index (χ1) is 9.20. The average molecular weight is 345 g/mol. The van der Waals surface area contributed by atoms with Gasteiger partial charge in [-0.3, -0.25) is 4.98 Å². The maximum absolute atomic E-state index is 13.5. The van der Waals surface area contributed by atoms with Crippen molar-refractivity contribution < 1.29 is 17.6 Å².